The number of primary amides is 1. The molecule has 0 fully saturated rings. The van der Waals surface area contributed by atoms with Crippen LogP contribution in [0.1, 0.15) is 131 Å². The zero-order chi connectivity index (χ0) is 20.5. The monoisotopic (exact) mass is 476 g/mol. The van der Waals surface area contributed by atoms with Gasteiger partial charge >= 0.3 is 0 Å². The minimum atomic E-state index is -0.299. The van der Waals surface area contributed by atoms with E-state index in [0.717, 1.165) is 0 Å². The lowest BCUT2D eigenvalue weighted by Gasteiger charge is -2.29. The number of halogens is 1. The van der Waals surface area contributed by atoms with E-state index >= 15 is 0 Å². The number of allylic oxidation sites excluding steroid dienone is 1. The number of amides is 1. The van der Waals surface area contributed by atoms with E-state index in [-0.39, 0.29) is 34.5 Å². The summed E-state index contributed by atoms with van der Waals surface area (Å²) in [6, 6.07) is 0. The van der Waals surface area contributed by atoms with Gasteiger partial charge in [0.2, 0.25) is 5.91 Å². The van der Waals surface area contributed by atoms with Gasteiger partial charge in [-0.15, -0.1) is 17.0 Å². The summed E-state index contributed by atoms with van der Waals surface area (Å²) in [6.07, 6.45) is 23.0. The van der Waals surface area contributed by atoms with E-state index < -0.39 is 0 Å². The average Bonchev–Trinajstić information content (AvgIpc) is 2.61. The van der Waals surface area contributed by atoms with Crippen molar-refractivity contribution in [1.82, 2.24) is 6.15 Å². The molecule has 0 spiro atoms. The lowest BCUT2D eigenvalue weighted by atomic mass is 9.76. The zero-order valence-corrected chi connectivity index (χ0v) is 22.1. The second-order valence-corrected chi connectivity index (χ2v) is 9.30. The van der Waals surface area contributed by atoms with E-state index in [9.17, 15) is 4.79 Å². The molecule has 0 bridgehead atoms. The molecule has 0 aliphatic heterocycles. The largest absolute Gasteiger partial charge is 0.366 e. The van der Waals surface area contributed by atoms with E-state index in [2.05, 4.69) is 33.8 Å². The normalized spacial score (nSPS) is 12.8. The summed E-state index contributed by atoms with van der Waals surface area (Å²) in [5, 5.41) is 0. The predicted molar refractivity (Wildman–Crippen MR) is 136 cm³/mol. The lowest BCUT2D eigenvalue weighted by Crippen LogP contribution is -2.22. The molecule has 0 radical (unpaired) electrons. The molecule has 0 aromatic carbocycles. The molecule has 3 nitrogen and oxygen atoms in total. The number of hydrogen-bond donors (Lipinski definition) is 2. The topological polar surface area (TPSA) is 78.1 Å². The van der Waals surface area contributed by atoms with E-state index in [0.29, 0.717) is 11.5 Å². The van der Waals surface area contributed by atoms with Crippen LogP contribution in [0.5, 0.6) is 0 Å². The van der Waals surface area contributed by atoms with Crippen molar-refractivity contribution in [2.75, 3.05) is 0 Å². The Morgan fingerprint density at radius 2 is 1.17 bits per heavy atom. The summed E-state index contributed by atoms with van der Waals surface area (Å²) in [5.41, 5.74) is 6.09. The van der Waals surface area contributed by atoms with Crippen molar-refractivity contribution in [1.29, 1.82) is 0 Å². The SMILES string of the molecule is Br.CCCCCCCCCCCCCCCCC(C)C(C)(C)C=C(C)C(N)=O.N. The third-order valence-corrected chi connectivity index (χ3v) is 6.24. The minimum Gasteiger partial charge on any atom is -0.366 e. The van der Waals surface area contributed by atoms with Crippen molar-refractivity contribution in [2.24, 2.45) is 17.1 Å². The van der Waals surface area contributed by atoms with Crippen LogP contribution in [0.4, 0.5) is 0 Å². The molecule has 0 saturated carbocycles. The summed E-state index contributed by atoms with van der Waals surface area (Å²) in [6.45, 7) is 10.8. The third kappa shape index (κ3) is 19.4. The smallest absolute Gasteiger partial charge is 0.244 e. The summed E-state index contributed by atoms with van der Waals surface area (Å²) in [4.78, 5) is 11.3. The molecule has 1 atom stereocenters. The molecule has 0 saturated heterocycles. The van der Waals surface area contributed by atoms with Crippen molar-refractivity contribution in [3.05, 3.63) is 11.6 Å². The van der Waals surface area contributed by atoms with Gasteiger partial charge < -0.3 is 11.9 Å². The second-order valence-electron chi connectivity index (χ2n) is 9.30. The first kappa shape index (κ1) is 33.3. The van der Waals surface area contributed by atoms with E-state index in [1.54, 1.807) is 0 Å². The number of unbranched alkanes of at least 4 members (excludes halogenated alkanes) is 13. The molecule has 1 unspecified atom stereocenters. The Hall–Kier alpha value is -0.350. The van der Waals surface area contributed by atoms with Gasteiger partial charge in [0.1, 0.15) is 0 Å². The molecule has 0 heterocycles. The first-order chi connectivity index (χ1) is 12.8. The Labute approximate surface area is 193 Å². The summed E-state index contributed by atoms with van der Waals surface area (Å²) < 4.78 is 0. The van der Waals surface area contributed by atoms with Gasteiger partial charge in [0.05, 0.1) is 0 Å². The van der Waals surface area contributed by atoms with Crippen LogP contribution in [0.3, 0.4) is 0 Å². The molecule has 0 aromatic rings. The van der Waals surface area contributed by atoms with Gasteiger partial charge in [-0.2, -0.15) is 0 Å². The van der Waals surface area contributed by atoms with Crippen molar-refractivity contribution < 1.29 is 4.79 Å². The van der Waals surface area contributed by atoms with Gasteiger partial charge in [-0.25, -0.2) is 0 Å². The molecule has 0 aliphatic rings. The molecule has 1 amide bonds. The number of carbonyl (C=O) groups excluding carboxylic acids is 1. The Morgan fingerprint density at radius 1 is 0.828 bits per heavy atom. The average molecular weight is 478 g/mol. The van der Waals surface area contributed by atoms with Gasteiger partial charge in [0.15, 0.2) is 0 Å². The third-order valence-electron chi connectivity index (χ3n) is 6.24. The predicted octanol–water partition coefficient (Wildman–Crippen LogP) is 8.69. The Balaban J connectivity index is -0.00000338. The second kappa shape index (κ2) is 20.9. The van der Waals surface area contributed by atoms with Crippen LogP contribution in [0.25, 0.3) is 0 Å². The number of hydrogen-bond acceptors (Lipinski definition) is 2. The molecule has 176 valence electrons. The van der Waals surface area contributed by atoms with Crippen LogP contribution < -0.4 is 11.9 Å². The van der Waals surface area contributed by atoms with Gasteiger partial charge in [-0.1, -0.05) is 124 Å². The van der Waals surface area contributed by atoms with Crippen molar-refractivity contribution in [3.63, 3.8) is 0 Å². The van der Waals surface area contributed by atoms with Gasteiger partial charge in [-0.3, -0.25) is 4.79 Å². The molecule has 0 aliphatic carbocycles. The number of rotatable bonds is 18. The van der Waals surface area contributed by atoms with Gasteiger partial charge in [-0.05, 0) is 24.7 Å². The van der Waals surface area contributed by atoms with Crippen LogP contribution in [0.15, 0.2) is 11.6 Å². The highest BCUT2D eigenvalue weighted by atomic mass is 79.9. The van der Waals surface area contributed by atoms with E-state index in [1.165, 1.54) is 96.3 Å². The van der Waals surface area contributed by atoms with Crippen LogP contribution in [0.2, 0.25) is 0 Å². The van der Waals surface area contributed by atoms with Gasteiger partial charge in [0, 0.05) is 5.57 Å². The highest BCUT2D eigenvalue weighted by Crippen LogP contribution is 2.33. The summed E-state index contributed by atoms with van der Waals surface area (Å²) >= 11 is 0. The maximum atomic E-state index is 11.3. The summed E-state index contributed by atoms with van der Waals surface area (Å²) in [7, 11) is 0. The van der Waals surface area contributed by atoms with Crippen LogP contribution >= 0.6 is 17.0 Å². The van der Waals surface area contributed by atoms with Crippen LogP contribution in [-0.2, 0) is 4.79 Å². The standard InChI is InChI=1S/C25H49NO.BrH.H3N/c1-6-7-8-9-10-11-12-13-14-15-16-17-18-19-20-23(3)25(4,5)21-22(2)24(26)27;;/h21,23H,6-20H2,1-5H3,(H2,26,27);1H;1H3. The summed E-state index contributed by atoms with van der Waals surface area (Å²) in [5.74, 6) is 0.274. The number of nitrogens with two attached hydrogens (primary N) is 1. The van der Waals surface area contributed by atoms with Crippen molar-refractivity contribution in [3.8, 4) is 0 Å². The first-order valence-corrected chi connectivity index (χ1v) is 11.8. The fraction of sp³-hybridized carbons (Fsp3) is 0.880. The maximum absolute atomic E-state index is 11.3. The molecule has 29 heavy (non-hydrogen) atoms. The van der Waals surface area contributed by atoms with E-state index in [1.807, 2.05) is 6.92 Å². The maximum Gasteiger partial charge on any atom is 0.244 e. The van der Waals surface area contributed by atoms with Crippen molar-refractivity contribution >= 4 is 22.9 Å². The number of carbonyl (C=O) groups is 1. The fourth-order valence-corrected chi connectivity index (χ4v) is 3.79. The highest BCUT2D eigenvalue weighted by Gasteiger charge is 2.23. The van der Waals surface area contributed by atoms with E-state index in [4.69, 9.17) is 5.73 Å². The quantitative estimate of drug-likeness (QED) is 0.153. The van der Waals surface area contributed by atoms with Crippen LogP contribution in [0, 0.1) is 11.3 Å². The molecular weight excluding hydrogens is 424 g/mol. The van der Waals surface area contributed by atoms with Crippen molar-refractivity contribution in [2.45, 2.75) is 131 Å². The molecular formula is C25H53BrN2O. The first-order valence-electron chi connectivity index (χ1n) is 11.8. The van der Waals surface area contributed by atoms with Crippen LogP contribution in [-0.4, -0.2) is 5.91 Å². The Bertz CT molecular complexity index is 408. The Kier molecular flexibility index (Phi) is 24.0. The lowest BCUT2D eigenvalue weighted by molar-refractivity contribution is -0.114. The fourth-order valence-electron chi connectivity index (χ4n) is 3.79. The zero-order valence-electron chi connectivity index (χ0n) is 20.4. The molecule has 4 heteroatoms. The minimum absolute atomic E-state index is 0. The molecule has 5 N–H and O–H groups in total. The Morgan fingerprint density at radius 3 is 1.52 bits per heavy atom. The molecule has 0 rings (SSSR count). The van der Waals surface area contributed by atoms with Gasteiger partial charge in [0.25, 0.3) is 0 Å². The molecule has 0 aromatic heterocycles. The highest BCUT2D eigenvalue weighted by molar-refractivity contribution is 8.93.